The van der Waals surface area contributed by atoms with Gasteiger partial charge in [-0.2, -0.15) is 11.8 Å². The van der Waals surface area contributed by atoms with Gasteiger partial charge in [0.05, 0.1) is 23.7 Å². The number of carbonyl (C=O) groups excluding carboxylic acids is 2. The highest BCUT2D eigenvalue weighted by Gasteiger charge is 2.55. The lowest BCUT2D eigenvalue weighted by Crippen LogP contribution is -2.62. The van der Waals surface area contributed by atoms with Gasteiger partial charge in [0, 0.05) is 39.9 Å². The van der Waals surface area contributed by atoms with E-state index in [-0.39, 0.29) is 28.1 Å². The molecule has 2 aliphatic rings. The highest BCUT2D eigenvalue weighted by molar-refractivity contribution is 8.00. The molecule has 4 atom stereocenters. The Morgan fingerprint density at radius 1 is 1.16 bits per heavy atom. The van der Waals surface area contributed by atoms with Crippen molar-refractivity contribution in [3.63, 3.8) is 0 Å². The van der Waals surface area contributed by atoms with Gasteiger partial charge in [0.2, 0.25) is 0 Å². The van der Waals surface area contributed by atoms with Crippen LogP contribution < -0.4 is 0 Å². The zero-order chi connectivity index (χ0) is 31.8. The summed E-state index contributed by atoms with van der Waals surface area (Å²) in [5.74, 6) is -0.211. The summed E-state index contributed by atoms with van der Waals surface area (Å²) >= 11 is 14.4. The second-order valence-electron chi connectivity index (χ2n) is 12.7. The molecule has 1 aliphatic carbocycles. The van der Waals surface area contributed by atoms with Crippen LogP contribution in [0.2, 0.25) is 10.0 Å². The number of aromatic nitrogens is 1. The Bertz CT molecular complexity index is 1530. The van der Waals surface area contributed by atoms with Crippen molar-refractivity contribution in [1.82, 2.24) is 9.88 Å². The van der Waals surface area contributed by atoms with E-state index in [0.29, 0.717) is 27.8 Å². The first-order valence-corrected chi connectivity index (χ1v) is 16.4. The maximum Gasteiger partial charge on any atom is 0.339 e. The summed E-state index contributed by atoms with van der Waals surface area (Å²) in [7, 11) is 1.31. The molecule has 0 radical (unpaired) electrons. The third-order valence-electron chi connectivity index (χ3n) is 8.10. The first-order valence-electron chi connectivity index (χ1n) is 14.7. The molecule has 234 valence electrons. The lowest BCUT2D eigenvalue weighted by Gasteiger charge is -2.52. The predicted octanol–water partition coefficient (Wildman–Crippen LogP) is 8.27. The van der Waals surface area contributed by atoms with Gasteiger partial charge in [0.1, 0.15) is 11.9 Å². The summed E-state index contributed by atoms with van der Waals surface area (Å²) in [5, 5.41) is 0.537. The van der Waals surface area contributed by atoms with Crippen molar-refractivity contribution < 1.29 is 23.5 Å². The van der Waals surface area contributed by atoms with Crippen LogP contribution in [-0.2, 0) is 20.7 Å². The maximum atomic E-state index is 15.0. The third-order valence-corrected chi connectivity index (χ3v) is 10.0. The molecule has 2 aromatic carbocycles. The molecule has 2 heterocycles. The zero-order valence-electron chi connectivity index (χ0n) is 25.5. The number of rotatable bonds is 9. The highest BCUT2D eigenvalue weighted by Crippen LogP contribution is 2.51. The SMILES string of the molecule is COC(=O)c1ccc(C[C@]2(C)O[C@H](c3cccc(Cl)c3)C(c3ccc(Cl)c(F)c3)N(C(CSC(C)(C)C)C3CC3)C2=O)nc1. The lowest BCUT2D eigenvalue weighted by molar-refractivity contribution is -0.202. The monoisotopic (exact) mass is 658 g/mol. The van der Waals surface area contributed by atoms with E-state index in [1.54, 1.807) is 31.2 Å². The number of amides is 1. The van der Waals surface area contributed by atoms with Gasteiger partial charge in [0.25, 0.3) is 5.91 Å². The second-order valence-corrected chi connectivity index (χ2v) is 15.4. The minimum atomic E-state index is -1.33. The van der Waals surface area contributed by atoms with Gasteiger partial charge in [-0.25, -0.2) is 9.18 Å². The van der Waals surface area contributed by atoms with Crippen molar-refractivity contribution in [2.75, 3.05) is 12.9 Å². The number of morpholine rings is 1. The number of carbonyl (C=O) groups is 2. The molecule has 2 fully saturated rings. The largest absolute Gasteiger partial charge is 0.465 e. The van der Waals surface area contributed by atoms with Crippen molar-refractivity contribution in [3.05, 3.63) is 99.0 Å². The molecule has 44 heavy (non-hydrogen) atoms. The van der Waals surface area contributed by atoms with Gasteiger partial charge in [-0.05, 0) is 73.2 Å². The summed E-state index contributed by atoms with van der Waals surface area (Å²) < 4.78 is 26.7. The molecule has 0 bridgehead atoms. The van der Waals surface area contributed by atoms with Crippen molar-refractivity contribution in [3.8, 4) is 0 Å². The molecule has 10 heteroatoms. The number of esters is 1. The Morgan fingerprint density at radius 2 is 1.91 bits per heavy atom. The Balaban J connectivity index is 1.64. The fourth-order valence-electron chi connectivity index (χ4n) is 5.75. The molecule has 1 saturated heterocycles. The topological polar surface area (TPSA) is 68.7 Å². The van der Waals surface area contributed by atoms with Gasteiger partial charge in [-0.15, -0.1) is 0 Å². The smallest absolute Gasteiger partial charge is 0.339 e. The van der Waals surface area contributed by atoms with Crippen LogP contribution in [0.5, 0.6) is 0 Å². The fourth-order valence-corrected chi connectivity index (χ4v) is 7.17. The fraction of sp³-hybridized carbons (Fsp3) is 0.441. The summed E-state index contributed by atoms with van der Waals surface area (Å²) in [6.07, 6.45) is 2.95. The van der Waals surface area contributed by atoms with Crippen LogP contribution in [0.25, 0.3) is 0 Å². The minimum Gasteiger partial charge on any atom is -0.465 e. The molecule has 0 spiro atoms. The first kappa shape index (κ1) is 32.7. The van der Waals surface area contributed by atoms with Crippen molar-refractivity contribution in [2.45, 2.75) is 75.5 Å². The van der Waals surface area contributed by atoms with Crippen LogP contribution in [0.1, 0.15) is 79.9 Å². The molecule has 1 aromatic heterocycles. The Hall–Kier alpha value is -2.65. The highest BCUT2D eigenvalue weighted by atomic mass is 35.5. The van der Waals surface area contributed by atoms with Crippen LogP contribution in [-0.4, -0.2) is 51.0 Å². The van der Waals surface area contributed by atoms with Crippen molar-refractivity contribution in [1.29, 1.82) is 0 Å². The number of benzene rings is 2. The van der Waals surface area contributed by atoms with Crippen LogP contribution in [0.15, 0.2) is 60.8 Å². The number of halogens is 3. The van der Waals surface area contributed by atoms with Gasteiger partial charge in [0.15, 0.2) is 5.60 Å². The van der Waals surface area contributed by atoms with Gasteiger partial charge in [-0.3, -0.25) is 9.78 Å². The molecule has 2 unspecified atom stereocenters. The second kappa shape index (κ2) is 13.0. The Kier molecular flexibility index (Phi) is 9.66. The lowest BCUT2D eigenvalue weighted by atomic mass is 9.85. The van der Waals surface area contributed by atoms with Crippen LogP contribution in [0.4, 0.5) is 4.39 Å². The zero-order valence-corrected chi connectivity index (χ0v) is 27.8. The molecule has 6 nitrogen and oxygen atoms in total. The molecular weight excluding hydrogens is 622 g/mol. The number of nitrogens with zero attached hydrogens (tertiary/aromatic N) is 2. The number of pyridine rings is 1. The van der Waals surface area contributed by atoms with Crippen LogP contribution >= 0.6 is 35.0 Å². The van der Waals surface area contributed by atoms with Crippen molar-refractivity contribution >= 4 is 46.8 Å². The number of ether oxygens (including phenoxy) is 2. The number of hydrogen-bond donors (Lipinski definition) is 0. The quantitative estimate of drug-likeness (QED) is 0.216. The molecule has 1 amide bonds. The predicted molar refractivity (Wildman–Crippen MR) is 173 cm³/mol. The van der Waals surface area contributed by atoms with E-state index < -0.39 is 29.5 Å². The molecule has 0 N–H and O–H groups in total. The number of methoxy groups -OCH3 is 1. The molecular formula is C34H37Cl2FN2O4S. The van der Waals surface area contributed by atoms with E-state index in [4.69, 9.17) is 32.7 Å². The van der Waals surface area contributed by atoms with E-state index in [1.165, 1.54) is 25.4 Å². The van der Waals surface area contributed by atoms with E-state index in [9.17, 15) is 9.59 Å². The minimum absolute atomic E-state index is 0.0102. The summed E-state index contributed by atoms with van der Waals surface area (Å²) in [6.45, 7) is 8.28. The average molecular weight is 660 g/mol. The van der Waals surface area contributed by atoms with Gasteiger partial charge < -0.3 is 14.4 Å². The summed E-state index contributed by atoms with van der Waals surface area (Å²) in [4.78, 5) is 33.3. The third kappa shape index (κ3) is 7.25. The number of thioether (sulfide) groups is 1. The Labute approximate surface area is 272 Å². The summed E-state index contributed by atoms with van der Waals surface area (Å²) in [6, 6.07) is 14.7. The number of hydrogen-bond acceptors (Lipinski definition) is 6. The molecule has 5 rings (SSSR count). The van der Waals surface area contributed by atoms with E-state index in [1.807, 2.05) is 34.9 Å². The molecule has 3 aromatic rings. The van der Waals surface area contributed by atoms with E-state index in [0.717, 1.165) is 24.2 Å². The van der Waals surface area contributed by atoms with Crippen molar-refractivity contribution in [2.24, 2.45) is 5.92 Å². The maximum absolute atomic E-state index is 15.0. The van der Waals surface area contributed by atoms with E-state index in [2.05, 4.69) is 25.8 Å². The van der Waals surface area contributed by atoms with Crippen LogP contribution in [0.3, 0.4) is 0 Å². The van der Waals surface area contributed by atoms with Gasteiger partial charge in [-0.1, -0.05) is 62.2 Å². The average Bonchev–Trinajstić information content (AvgIpc) is 3.82. The summed E-state index contributed by atoms with van der Waals surface area (Å²) in [5.41, 5.74) is 0.941. The Morgan fingerprint density at radius 3 is 2.50 bits per heavy atom. The normalized spacial score (nSPS) is 23.0. The first-order chi connectivity index (χ1) is 20.8. The van der Waals surface area contributed by atoms with Crippen LogP contribution in [0, 0.1) is 11.7 Å². The van der Waals surface area contributed by atoms with Gasteiger partial charge >= 0.3 is 5.97 Å². The molecule has 1 aliphatic heterocycles. The molecule has 1 saturated carbocycles. The van der Waals surface area contributed by atoms with E-state index >= 15 is 4.39 Å². The standard InChI is InChI=1S/C34H37Cl2FN2O4S/c1-33(2,3)44-19-28(20-9-10-20)39-29(21-12-14-26(36)27(37)16-21)30(22-7-6-8-24(35)15-22)43-34(4,32(39)41)17-25-13-11-23(18-38-25)31(40)42-5/h6-8,11-16,18,20,28-30H,9-10,17,19H2,1-5H3/t28?,29?,30-,34+/m1/s1.